The van der Waals surface area contributed by atoms with Crippen LogP contribution in [0.3, 0.4) is 0 Å². The summed E-state index contributed by atoms with van der Waals surface area (Å²) in [6.07, 6.45) is 0. The number of nitrogens with zero attached hydrogens (tertiary/aromatic N) is 2. The lowest BCUT2D eigenvalue weighted by Gasteiger charge is -2.12. The fraction of sp³-hybridized carbons (Fsp3) is 0.158. The van der Waals surface area contributed by atoms with Gasteiger partial charge in [-0.15, -0.1) is 0 Å². The summed E-state index contributed by atoms with van der Waals surface area (Å²) in [6.45, 7) is 4.56. The van der Waals surface area contributed by atoms with Crippen molar-refractivity contribution < 1.29 is 0 Å². The quantitative estimate of drug-likeness (QED) is 0.467. The first-order valence-electron chi connectivity index (χ1n) is 8.15. The Morgan fingerprint density at radius 2 is 1.81 bits per heavy atom. The Hall–Kier alpha value is -1.79. The summed E-state index contributed by atoms with van der Waals surface area (Å²) in [5.41, 5.74) is 4.54. The van der Waals surface area contributed by atoms with E-state index in [1.807, 2.05) is 48.9 Å². The second kappa shape index (κ2) is 8.48. The highest BCUT2D eigenvalue weighted by molar-refractivity contribution is 7.80. The maximum absolute atomic E-state index is 6.07. The molecule has 0 fully saturated rings. The van der Waals surface area contributed by atoms with Gasteiger partial charge in [-0.25, -0.2) is 0 Å². The molecule has 0 bridgehead atoms. The van der Waals surface area contributed by atoms with E-state index in [4.69, 9.17) is 47.0 Å². The van der Waals surface area contributed by atoms with E-state index in [-0.39, 0.29) is 0 Å². The predicted octanol–water partition coefficient (Wildman–Crippen LogP) is 6.32. The Labute approximate surface area is 178 Å². The molecular weight excluding hydrogens is 423 g/mol. The average Bonchev–Trinajstić information content (AvgIpc) is 2.86. The summed E-state index contributed by atoms with van der Waals surface area (Å²) >= 11 is 23.5. The number of anilines is 2. The van der Waals surface area contributed by atoms with Crippen molar-refractivity contribution in [2.75, 3.05) is 10.6 Å². The first-order chi connectivity index (χ1) is 12.8. The standard InChI is InChI=1S/C19H17Cl3N4S/c1-11-18(24-19(27)23-15-6-7-16(21)17(22)9-15)12(2)26(25-11)10-13-4-3-5-14(20)8-13/h3-9H,10H2,1-2H3,(H2,23,24,27). The maximum atomic E-state index is 6.07. The van der Waals surface area contributed by atoms with Crippen LogP contribution in [0.4, 0.5) is 11.4 Å². The minimum Gasteiger partial charge on any atom is -0.332 e. The molecule has 1 heterocycles. The van der Waals surface area contributed by atoms with Gasteiger partial charge in [-0.3, -0.25) is 4.68 Å². The monoisotopic (exact) mass is 438 g/mol. The summed E-state index contributed by atoms with van der Waals surface area (Å²) in [4.78, 5) is 0. The van der Waals surface area contributed by atoms with Crippen LogP contribution in [0.15, 0.2) is 42.5 Å². The summed E-state index contributed by atoms with van der Waals surface area (Å²) in [5.74, 6) is 0. The summed E-state index contributed by atoms with van der Waals surface area (Å²) < 4.78 is 1.92. The summed E-state index contributed by atoms with van der Waals surface area (Å²) in [5, 5.41) is 13.0. The van der Waals surface area contributed by atoms with E-state index < -0.39 is 0 Å². The topological polar surface area (TPSA) is 41.9 Å². The van der Waals surface area contributed by atoms with Gasteiger partial charge in [-0.05, 0) is 62.0 Å². The van der Waals surface area contributed by atoms with E-state index >= 15 is 0 Å². The molecule has 0 saturated heterocycles. The van der Waals surface area contributed by atoms with E-state index in [1.54, 1.807) is 12.1 Å². The van der Waals surface area contributed by atoms with Crippen LogP contribution in [0.25, 0.3) is 0 Å². The zero-order chi connectivity index (χ0) is 19.6. The SMILES string of the molecule is Cc1nn(Cc2cccc(Cl)c2)c(C)c1NC(=S)Nc1ccc(Cl)c(Cl)c1. The number of thiocarbonyl (C=S) groups is 1. The molecule has 0 unspecified atom stereocenters. The van der Waals surface area contributed by atoms with Crippen molar-refractivity contribution in [2.45, 2.75) is 20.4 Å². The first-order valence-corrected chi connectivity index (χ1v) is 9.69. The van der Waals surface area contributed by atoms with Crippen LogP contribution in [0, 0.1) is 13.8 Å². The van der Waals surface area contributed by atoms with Crippen molar-refractivity contribution >= 4 is 63.5 Å². The van der Waals surface area contributed by atoms with Gasteiger partial charge in [0, 0.05) is 10.7 Å². The molecule has 27 heavy (non-hydrogen) atoms. The van der Waals surface area contributed by atoms with Crippen LogP contribution in [0.2, 0.25) is 15.1 Å². The van der Waals surface area contributed by atoms with E-state index in [1.165, 1.54) is 0 Å². The van der Waals surface area contributed by atoms with E-state index in [9.17, 15) is 0 Å². The average molecular weight is 440 g/mol. The molecule has 3 aromatic rings. The molecule has 0 saturated carbocycles. The normalized spacial score (nSPS) is 10.7. The van der Waals surface area contributed by atoms with Gasteiger partial charge in [0.1, 0.15) is 0 Å². The van der Waals surface area contributed by atoms with Gasteiger partial charge in [-0.2, -0.15) is 5.10 Å². The zero-order valence-corrected chi connectivity index (χ0v) is 17.8. The highest BCUT2D eigenvalue weighted by Crippen LogP contribution is 2.26. The third-order valence-electron chi connectivity index (χ3n) is 4.02. The van der Waals surface area contributed by atoms with Gasteiger partial charge in [0.25, 0.3) is 0 Å². The van der Waals surface area contributed by atoms with Crippen molar-refractivity contribution in [3.8, 4) is 0 Å². The lowest BCUT2D eigenvalue weighted by molar-refractivity contribution is 0.659. The Balaban J connectivity index is 1.74. The molecule has 0 spiro atoms. The molecular formula is C19H17Cl3N4S. The lowest BCUT2D eigenvalue weighted by Crippen LogP contribution is -2.20. The van der Waals surface area contributed by atoms with Gasteiger partial charge < -0.3 is 10.6 Å². The number of hydrogen-bond acceptors (Lipinski definition) is 2. The highest BCUT2D eigenvalue weighted by atomic mass is 35.5. The Kier molecular flexibility index (Phi) is 6.27. The number of hydrogen-bond donors (Lipinski definition) is 2. The van der Waals surface area contributed by atoms with Gasteiger partial charge in [0.2, 0.25) is 0 Å². The lowest BCUT2D eigenvalue weighted by atomic mass is 10.2. The molecule has 4 nitrogen and oxygen atoms in total. The van der Waals surface area contributed by atoms with Crippen molar-refractivity contribution in [3.05, 3.63) is 74.5 Å². The number of rotatable bonds is 4. The molecule has 0 aliphatic heterocycles. The van der Waals surface area contributed by atoms with Crippen LogP contribution in [-0.2, 0) is 6.54 Å². The maximum Gasteiger partial charge on any atom is 0.175 e. The molecule has 3 rings (SSSR count). The van der Waals surface area contributed by atoms with Crippen molar-refractivity contribution in [1.82, 2.24) is 9.78 Å². The van der Waals surface area contributed by atoms with E-state index in [2.05, 4.69) is 15.7 Å². The molecule has 0 atom stereocenters. The minimum atomic E-state index is 0.446. The predicted molar refractivity (Wildman–Crippen MR) is 119 cm³/mol. The Morgan fingerprint density at radius 1 is 1.04 bits per heavy atom. The molecule has 0 radical (unpaired) electrons. The molecule has 0 aliphatic rings. The highest BCUT2D eigenvalue weighted by Gasteiger charge is 2.13. The molecule has 0 aliphatic carbocycles. The fourth-order valence-corrected chi connectivity index (χ4v) is 3.42. The van der Waals surface area contributed by atoms with E-state index in [0.717, 1.165) is 28.3 Å². The largest absolute Gasteiger partial charge is 0.332 e. The zero-order valence-electron chi connectivity index (χ0n) is 14.7. The van der Waals surface area contributed by atoms with Crippen LogP contribution in [0.5, 0.6) is 0 Å². The van der Waals surface area contributed by atoms with Gasteiger partial charge in [-0.1, -0.05) is 46.9 Å². The summed E-state index contributed by atoms with van der Waals surface area (Å²) in [6, 6.07) is 13.0. The van der Waals surface area contributed by atoms with Gasteiger partial charge >= 0.3 is 0 Å². The Morgan fingerprint density at radius 3 is 2.52 bits per heavy atom. The molecule has 2 aromatic carbocycles. The van der Waals surface area contributed by atoms with Crippen LogP contribution >= 0.6 is 47.0 Å². The van der Waals surface area contributed by atoms with Crippen LogP contribution < -0.4 is 10.6 Å². The first kappa shape index (κ1) is 20.0. The molecule has 2 N–H and O–H groups in total. The van der Waals surface area contributed by atoms with Gasteiger partial charge in [0.05, 0.1) is 33.7 Å². The summed E-state index contributed by atoms with van der Waals surface area (Å²) in [7, 11) is 0. The van der Waals surface area contributed by atoms with Crippen molar-refractivity contribution in [2.24, 2.45) is 0 Å². The van der Waals surface area contributed by atoms with Crippen molar-refractivity contribution in [1.29, 1.82) is 0 Å². The van der Waals surface area contributed by atoms with Crippen molar-refractivity contribution in [3.63, 3.8) is 0 Å². The number of aromatic nitrogens is 2. The molecule has 1 aromatic heterocycles. The third-order valence-corrected chi connectivity index (χ3v) is 5.20. The third kappa shape index (κ3) is 4.93. The number of halogens is 3. The number of benzene rings is 2. The fourth-order valence-electron chi connectivity index (χ4n) is 2.69. The molecule has 140 valence electrons. The number of nitrogens with one attached hydrogen (secondary N) is 2. The molecule has 0 amide bonds. The smallest absolute Gasteiger partial charge is 0.175 e. The van der Waals surface area contributed by atoms with Crippen LogP contribution in [-0.4, -0.2) is 14.9 Å². The van der Waals surface area contributed by atoms with Gasteiger partial charge in [0.15, 0.2) is 5.11 Å². The minimum absolute atomic E-state index is 0.446. The Bertz CT molecular complexity index is 1000. The second-order valence-corrected chi connectivity index (χ2v) is 7.70. The second-order valence-electron chi connectivity index (χ2n) is 6.04. The van der Waals surface area contributed by atoms with E-state index in [0.29, 0.717) is 26.7 Å². The van der Waals surface area contributed by atoms with Crippen LogP contribution in [0.1, 0.15) is 17.0 Å². The molecule has 8 heteroatoms. The number of aryl methyl sites for hydroxylation is 1.